The topological polar surface area (TPSA) is 61.7 Å². The van der Waals surface area contributed by atoms with Gasteiger partial charge in [0, 0.05) is 36.6 Å². The van der Waals surface area contributed by atoms with E-state index < -0.39 is 0 Å². The molecule has 0 aliphatic carbocycles. The first-order valence-corrected chi connectivity index (χ1v) is 6.44. The molecule has 98 valence electrons. The van der Waals surface area contributed by atoms with Crippen LogP contribution in [-0.4, -0.2) is 19.6 Å². The Bertz CT molecular complexity index is 523. The fraction of sp³-hybridized carbons (Fsp3) is 0.538. The second kappa shape index (κ2) is 5.35. The highest BCUT2D eigenvalue weighted by molar-refractivity contribution is 5.27. The highest BCUT2D eigenvalue weighted by Gasteiger charge is 2.14. The van der Waals surface area contributed by atoms with Crippen molar-refractivity contribution in [2.45, 2.75) is 39.8 Å². The predicted molar refractivity (Wildman–Crippen MR) is 71.2 cm³/mol. The Morgan fingerprint density at radius 1 is 1.28 bits per heavy atom. The van der Waals surface area contributed by atoms with Crippen LogP contribution in [0.2, 0.25) is 0 Å². The van der Waals surface area contributed by atoms with Gasteiger partial charge in [0.1, 0.15) is 0 Å². The first kappa shape index (κ1) is 12.8. The van der Waals surface area contributed by atoms with Gasteiger partial charge in [-0.05, 0) is 12.8 Å². The molecule has 0 saturated carbocycles. The van der Waals surface area contributed by atoms with Gasteiger partial charge in [-0.3, -0.25) is 9.36 Å². The summed E-state index contributed by atoms with van der Waals surface area (Å²) in [6.45, 7) is 5.61. The van der Waals surface area contributed by atoms with E-state index in [0.29, 0.717) is 6.54 Å². The van der Waals surface area contributed by atoms with Gasteiger partial charge < -0.3 is 5.73 Å². The van der Waals surface area contributed by atoms with Crippen LogP contribution >= 0.6 is 0 Å². The van der Waals surface area contributed by atoms with E-state index in [1.54, 1.807) is 0 Å². The minimum atomic E-state index is 0.569. The maximum Gasteiger partial charge on any atom is 0.0693 e. The zero-order valence-corrected chi connectivity index (χ0v) is 11.3. The zero-order chi connectivity index (χ0) is 13.1. The molecule has 0 amide bonds. The molecule has 0 aliphatic heterocycles. The van der Waals surface area contributed by atoms with Crippen molar-refractivity contribution < 1.29 is 0 Å². The molecule has 2 N–H and O–H groups in total. The summed E-state index contributed by atoms with van der Waals surface area (Å²) >= 11 is 0. The lowest BCUT2D eigenvalue weighted by Gasteiger charge is -2.05. The van der Waals surface area contributed by atoms with Gasteiger partial charge in [-0.25, -0.2) is 0 Å². The van der Waals surface area contributed by atoms with Crippen molar-refractivity contribution in [3.63, 3.8) is 0 Å². The number of aromatic nitrogens is 4. The summed E-state index contributed by atoms with van der Waals surface area (Å²) in [5.74, 6) is 0. The van der Waals surface area contributed by atoms with Crippen molar-refractivity contribution in [1.82, 2.24) is 19.6 Å². The molecule has 0 spiro atoms. The van der Waals surface area contributed by atoms with Crippen molar-refractivity contribution >= 4 is 0 Å². The molecule has 5 heteroatoms. The smallest absolute Gasteiger partial charge is 0.0693 e. The lowest BCUT2D eigenvalue weighted by Crippen LogP contribution is -2.07. The lowest BCUT2D eigenvalue weighted by molar-refractivity contribution is 0.638. The third kappa shape index (κ3) is 2.31. The normalized spacial score (nSPS) is 11.1. The highest BCUT2D eigenvalue weighted by atomic mass is 15.3. The van der Waals surface area contributed by atoms with Crippen molar-refractivity contribution in [2.75, 3.05) is 0 Å². The van der Waals surface area contributed by atoms with Gasteiger partial charge in [-0.15, -0.1) is 0 Å². The summed E-state index contributed by atoms with van der Waals surface area (Å²) in [4.78, 5) is 0. The van der Waals surface area contributed by atoms with Crippen molar-refractivity contribution in [3.8, 4) is 0 Å². The molecule has 0 atom stereocenters. The molecule has 5 nitrogen and oxygen atoms in total. The van der Waals surface area contributed by atoms with E-state index >= 15 is 0 Å². The summed E-state index contributed by atoms with van der Waals surface area (Å²) < 4.78 is 3.88. The summed E-state index contributed by atoms with van der Waals surface area (Å²) in [6.07, 6.45) is 5.79. The van der Waals surface area contributed by atoms with E-state index in [9.17, 15) is 0 Å². The molecule has 0 bridgehead atoms. The van der Waals surface area contributed by atoms with E-state index in [1.165, 1.54) is 16.8 Å². The average Bonchev–Trinajstić information content (AvgIpc) is 2.92. The lowest BCUT2D eigenvalue weighted by atomic mass is 10.1. The Morgan fingerprint density at radius 3 is 2.56 bits per heavy atom. The fourth-order valence-corrected chi connectivity index (χ4v) is 2.36. The van der Waals surface area contributed by atoms with Gasteiger partial charge in [-0.1, -0.05) is 13.8 Å². The first-order chi connectivity index (χ1) is 8.69. The van der Waals surface area contributed by atoms with Gasteiger partial charge in [0.2, 0.25) is 0 Å². The van der Waals surface area contributed by atoms with E-state index in [2.05, 4.69) is 28.7 Å². The Balaban J connectivity index is 2.35. The average molecular weight is 247 g/mol. The summed E-state index contributed by atoms with van der Waals surface area (Å²) in [6, 6.07) is 0. The molecule has 18 heavy (non-hydrogen) atoms. The van der Waals surface area contributed by atoms with Gasteiger partial charge in [0.25, 0.3) is 0 Å². The summed E-state index contributed by atoms with van der Waals surface area (Å²) in [7, 11) is 1.93. The Labute approximate surface area is 108 Å². The van der Waals surface area contributed by atoms with Gasteiger partial charge >= 0.3 is 0 Å². The fourth-order valence-electron chi connectivity index (χ4n) is 2.36. The molecule has 0 aliphatic rings. The molecule has 0 aromatic carbocycles. The monoisotopic (exact) mass is 247 g/mol. The number of hydrogen-bond donors (Lipinski definition) is 1. The summed E-state index contributed by atoms with van der Waals surface area (Å²) in [5, 5.41) is 8.86. The largest absolute Gasteiger partial charge is 0.326 e. The minimum Gasteiger partial charge on any atom is -0.326 e. The van der Waals surface area contributed by atoms with Crippen LogP contribution in [0.4, 0.5) is 0 Å². The van der Waals surface area contributed by atoms with Crippen LogP contribution in [0.5, 0.6) is 0 Å². The molecule has 0 saturated heterocycles. The summed E-state index contributed by atoms with van der Waals surface area (Å²) in [5.41, 5.74) is 10.6. The van der Waals surface area contributed by atoms with Gasteiger partial charge in [0.05, 0.1) is 18.4 Å². The predicted octanol–water partition coefficient (Wildman–Crippen LogP) is 1.25. The minimum absolute atomic E-state index is 0.569. The SMILES string of the molecule is CCc1nn(Cc2cnn(C)c2)c(CC)c1CN. The van der Waals surface area contributed by atoms with Crippen LogP contribution in [-0.2, 0) is 33.0 Å². The van der Waals surface area contributed by atoms with Crippen LogP contribution in [0, 0.1) is 0 Å². The van der Waals surface area contributed by atoms with Crippen LogP contribution in [0.1, 0.15) is 36.4 Å². The van der Waals surface area contributed by atoms with Crippen LogP contribution < -0.4 is 5.73 Å². The van der Waals surface area contributed by atoms with Crippen molar-refractivity contribution in [1.29, 1.82) is 0 Å². The van der Waals surface area contributed by atoms with E-state index in [0.717, 1.165) is 25.1 Å². The second-order valence-corrected chi connectivity index (χ2v) is 4.46. The maximum absolute atomic E-state index is 5.84. The molecule has 2 rings (SSSR count). The van der Waals surface area contributed by atoms with Gasteiger partial charge in [0.15, 0.2) is 0 Å². The molecule has 0 radical (unpaired) electrons. The molecule has 0 unspecified atom stereocenters. The Kier molecular flexibility index (Phi) is 3.81. The molecular formula is C13H21N5. The number of nitrogens with zero attached hydrogens (tertiary/aromatic N) is 4. The number of aryl methyl sites for hydroxylation is 2. The van der Waals surface area contributed by atoms with Crippen molar-refractivity contribution in [3.05, 3.63) is 34.9 Å². The highest BCUT2D eigenvalue weighted by Crippen LogP contribution is 2.17. The van der Waals surface area contributed by atoms with Crippen molar-refractivity contribution in [2.24, 2.45) is 12.8 Å². The first-order valence-electron chi connectivity index (χ1n) is 6.44. The quantitative estimate of drug-likeness (QED) is 0.865. The molecule has 2 heterocycles. The number of nitrogens with two attached hydrogens (primary N) is 1. The number of rotatable bonds is 5. The second-order valence-electron chi connectivity index (χ2n) is 4.46. The van der Waals surface area contributed by atoms with Crippen LogP contribution in [0.15, 0.2) is 12.4 Å². The van der Waals surface area contributed by atoms with E-state index in [-0.39, 0.29) is 0 Å². The maximum atomic E-state index is 5.84. The van der Waals surface area contributed by atoms with Crippen LogP contribution in [0.25, 0.3) is 0 Å². The Hall–Kier alpha value is -1.62. The molecule has 2 aromatic rings. The standard InChI is InChI=1S/C13H21N5/c1-4-12-11(6-14)13(5-2)18(16-12)9-10-7-15-17(3)8-10/h7-8H,4-6,9,14H2,1-3H3. The van der Waals surface area contributed by atoms with E-state index in [4.69, 9.17) is 5.73 Å². The van der Waals surface area contributed by atoms with E-state index in [1.807, 2.05) is 24.1 Å². The third-order valence-corrected chi connectivity index (χ3v) is 3.21. The molecule has 0 fully saturated rings. The zero-order valence-electron chi connectivity index (χ0n) is 11.3. The molecular weight excluding hydrogens is 226 g/mol. The molecule has 2 aromatic heterocycles. The van der Waals surface area contributed by atoms with Gasteiger partial charge in [-0.2, -0.15) is 10.2 Å². The Morgan fingerprint density at radius 2 is 2.06 bits per heavy atom. The number of hydrogen-bond acceptors (Lipinski definition) is 3. The van der Waals surface area contributed by atoms with Crippen LogP contribution in [0.3, 0.4) is 0 Å². The third-order valence-electron chi connectivity index (χ3n) is 3.21.